The molecule has 15 heavy (non-hydrogen) atoms. The topological polar surface area (TPSA) is 67.5 Å². The summed E-state index contributed by atoms with van der Waals surface area (Å²) in [4.78, 5) is 22.5. The van der Waals surface area contributed by atoms with Crippen molar-refractivity contribution in [3.8, 4) is 5.75 Å². The van der Waals surface area contributed by atoms with Crippen molar-refractivity contribution in [2.24, 2.45) is 0 Å². The molecule has 4 nitrogen and oxygen atoms in total. The van der Waals surface area contributed by atoms with Gasteiger partial charge in [-0.15, -0.1) is 0 Å². The number of fused-ring (bicyclic) bond motifs is 1. The van der Waals surface area contributed by atoms with Gasteiger partial charge in [-0.05, 0) is 23.7 Å². The normalized spacial score (nSPS) is 10.5. The minimum atomic E-state index is -0.862. The molecule has 2 aromatic rings. The van der Waals surface area contributed by atoms with Crippen LogP contribution >= 0.6 is 11.6 Å². The molecule has 0 aliphatic carbocycles. The number of hydrogen-bond acceptors (Lipinski definition) is 4. The fraction of sp³-hybridized carbons (Fsp3) is 0. The van der Waals surface area contributed by atoms with Crippen molar-refractivity contribution in [1.29, 1.82) is 0 Å². The van der Waals surface area contributed by atoms with E-state index in [1.54, 1.807) is 0 Å². The Morgan fingerprint density at radius 1 is 1.40 bits per heavy atom. The molecule has 5 heteroatoms. The van der Waals surface area contributed by atoms with Crippen LogP contribution in [0.2, 0.25) is 0 Å². The van der Waals surface area contributed by atoms with Crippen molar-refractivity contribution in [3.05, 3.63) is 40.2 Å². The third-order valence-corrected chi connectivity index (χ3v) is 2.17. The fourth-order valence-corrected chi connectivity index (χ4v) is 1.38. The van der Waals surface area contributed by atoms with Crippen LogP contribution in [0.15, 0.2) is 33.7 Å². The predicted octanol–water partition coefficient (Wildman–Crippen LogP) is 1.88. The van der Waals surface area contributed by atoms with E-state index < -0.39 is 10.7 Å². The second kappa shape index (κ2) is 3.40. The molecular formula is C10H5ClO4. The van der Waals surface area contributed by atoms with Gasteiger partial charge in [0, 0.05) is 6.07 Å². The lowest BCUT2D eigenvalue weighted by Crippen LogP contribution is -2.10. The summed E-state index contributed by atoms with van der Waals surface area (Å²) in [5.41, 5.74) is -0.507. The van der Waals surface area contributed by atoms with Crippen molar-refractivity contribution >= 4 is 27.8 Å². The molecular weight excluding hydrogens is 220 g/mol. The van der Waals surface area contributed by atoms with E-state index in [0.29, 0.717) is 0 Å². The molecule has 1 aromatic heterocycles. The lowest BCUT2D eigenvalue weighted by atomic mass is 10.2. The van der Waals surface area contributed by atoms with Crippen LogP contribution in [0.3, 0.4) is 0 Å². The van der Waals surface area contributed by atoms with Gasteiger partial charge in [-0.25, -0.2) is 0 Å². The number of halogens is 1. The van der Waals surface area contributed by atoms with Crippen LogP contribution in [0.5, 0.6) is 5.75 Å². The zero-order valence-electron chi connectivity index (χ0n) is 7.36. The maximum absolute atomic E-state index is 11.6. The van der Waals surface area contributed by atoms with Gasteiger partial charge in [-0.2, -0.15) is 0 Å². The zero-order valence-corrected chi connectivity index (χ0v) is 8.12. The summed E-state index contributed by atoms with van der Waals surface area (Å²) >= 11 is 5.19. The first-order chi connectivity index (χ1) is 7.09. The summed E-state index contributed by atoms with van der Waals surface area (Å²) in [5.74, 6) is -0.0180. The summed E-state index contributed by atoms with van der Waals surface area (Å²) in [5, 5.41) is 8.49. The van der Waals surface area contributed by atoms with E-state index in [9.17, 15) is 9.59 Å². The first-order valence-electron chi connectivity index (χ1n) is 4.04. The quantitative estimate of drug-likeness (QED) is 0.751. The summed E-state index contributed by atoms with van der Waals surface area (Å²) < 4.78 is 5.00. The number of benzene rings is 1. The van der Waals surface area contributed by atoms with E-state index in [2.05, 4.69) is 0 Å². The van der Waals surface area contributed by atoms with E-state index in [4.69, 9.17) is 21.1 Å². The molecule has 0 saturated heterocycles. The highest BCUT2D eigenvalue weighted by Gasteiger charge is 2.12. The van der Waals surface area contributed by atoms with Gasteiger partial charge in [0.2, 0.25) is 5.43 Å². The van der Waals surface area contributed by atoms with Gasteiger partial charge in [0.1, 0.15) is 23.2 Å². The first-order valence-corrected chi connectivity index (χ1v) is 4.42. The lowest BCUT2D eigenvalue weighted by Gasteiger charge is -1.98. The Kier molecular flexibility index (Phi) is 2.21. The molecule has 0 amide bonds. The fourth-order valence-electron chi connectivity index (χ4n) is 1.25. The Morgan fingerprint density at radius 3 is 2.80 bits per heavy atom. The SMILES string of the molecule is O=C(Cl)c1coc2cc(O)ccc2c1=O. The average Bonchev–Trinajstić information content (AvgIpc) is 2.17. The highest BCUT2D eigenvalue weighted by molar-refractivity contribution is 6.67. The van der Waals surface area contributed by atoms with E-state index in [1.165, 1.54) is 18.2 Å². The van der Waals surface area contributed by atoms with E-state index in [0.717, 1.165) is 6.26 Å². The maximum atomic E-state index is 11.6. The summed E-state index contributed by atoms with van der Waals surface area (Å²) in [6, 6.07) is 4.00. The molecule has 0 atom stereocenters. The van der Waals surface area contributed by atoms with Gasteiger partial charge in [0.25, 0.3) is 5.24 Å². The van der Waals surface area contributed by atoms with Crippen molar-refractivity contribution in [2.45, 2.75) is 0 Å². The van der Waals surface area contributed by atoms with Gasteiger partial charge in [0.15, 0.2) is 0 Å². The third-order valence-electron chi connectivity index (χ3n) is 1.97. The van der Waals surface area contributed by atoms with Crippen LogP contribution in [-0.2, 0) is 0 Å². The Hall–Kier alpha value is -1.81. The van der Waals surface area contributed by atoms with Crippen LogP contribution in [0.4, 0.5) is 0 Å². The van der Waals surface area contributed by atoms with Crippen LogP contribution in [0.25, 0.3) is 11.0 Å². The van der Waals surface area contributed by atoms with Crippen molar-refractivity contribution in [1.82, 2.24) is 0 Å². The molecule has 0 fully saturated rings. The van der Waals surface area contributed by atoms with Crippen molar-refractivity contribution in [3.63, 3.8) is 0 Å². The van der Waals surface area contributed by atoms with Gasteiger partial charge in [-0.1, -0.05) is 0 Å². The molecule has 76 valence electrons. The van der Waals surface area contributed by atoms with Crippen LogP contribution in [-0.4, -0.2) is 10.3 Å². The number of hydrogen-bond donors (Lipinski definition) is 1. The second-order valence-electron chi connectivity index (χ2n) is 2.93. The predicted molar refractivity (Wildman–Crippen MR) is 54.3 cm³/mol. The minimum Gasteiger partial charge on any atom is -0.508 e. The van der Waals surface area contributed by atoms with E-state index in [-0.39, 0.29) is 22.3 Å². The highest BCUT2D eigenvalue weighted by Crippen LogP contribution is 2.17. The minimum absolute atomic E-state index is 0.0180. The smallest absolute Gasteiger partial charge is 0.259 e. The molecule has 0 unspecified atom stereocenters. The largest absolute Gasteiger partial charge is 0.508 e. The highest BCUT2D eigenvalue weighted by atomic mass is 35.5. The molecule has 1 aromatic carbocycles. The number of phenolic OH excluding ortho intramolecular Hbond substituents is 1. The molecule has 1 heterocycles. The van der Waals surface area contributed by atoms with Crippen LogP contribution in [0, 0.1) is 0 Å². The number of carbonyl (C=O) groups excluding carboxylic acids is 1. The number of rotatable bonds is 1. The van der Waals surface area contributed by atoms with Gasteiger partial charge in [-0.3, -0.25) is 9.59 Å². The number of phenols is 1. The van der Waals surface area contributed by atoms with Crippen LogP contribution < -0.4 is 5.43 Å². The Bertz CT molecular complexity index is 600. The van der Waals surface area contributed by atoms with E-state index in [1.807, 2.05) is 0 Å². The zero-order chi connectivity index (χ0) is 11.0. The molecule has 0 bridgehead atoms. The third kappa shape index (κ3) is 1.59. The monoisotopic (exact) mass is 224 g/mol. The van der Waals surface area contributed by atoms with E-state index >= 15 is 0 Å². The van der Waals surface area contributed by atoms with Crippen LogP contribution in [0.1, 0.15) is 10.4 Å². The lowest BCUT2D eigenvalue weighted by molar-refractivity contribution is 0.107. The Balaban J connectivity index is 2.86. The summed E-state index contributed by atoms with van der Waals surface area (Å²) in [6.07, 6.45) is 0.986. The standard InChI is InChI=1S/C10H5ClO4/c11-10(14)7-4-15-8-3-5(12)1-2-6(8)9(7)13/h1-4,12H. The Morgan fingerprint density at radius 2 is 2.13 bits per heavy atom. The number of aromatic hydroxyl groups is 1. The average molecular weight is 225 g/mol. The molecule has 1 N–H and O–H groups in total. The summed E-state index contributed by atoms with van der Waals surface area (Å²) in [6.45, 7) is 0. The number of carbonyl (C=O) groups is 1. The van der Waals surface area contributed by atoms with Gasteiger partial charge < -0.3 is 9.52 Å². The first kappa shape index (κ1) is 9.73. The second-order valence-corrected chi connectivity index (χ2v) is 3.28. The molecule has 0 aliphatic rings. The molecule has 0 radical (unpaired) electrons. The molecule has 0 spiro atoms. The Labute approximate surface area is 88.7 Å². The summed E-state index contributed by atoms with van der Waals surface area (Å²) in [7, 11) is 0. The van der Waals surface area contributed by atoms with Gasteiger partial charge >= 0.3 is 0 Å². The molecule has 0 aliphatic heterocycles. The maximum Gasteiger partial charge on any atom is 0.259 e. The van der Waals surface area contributed by atoms with Crippen molar-refractivity contribution in [2.75, 3.05) is 0 Å². The molecule has 0 saturated carbocycles. The molecule has 2 rings (SSSR count). The van der Waals surface area contributed by atoms with Crippen molar-refractivity contribution < 1.29 is 14.3 Å². The van der Waals surface area contributed by atoms with Gasteiger partial charge in [0.05, 0.1) is 5.39 Å².